The number of hydrogen-bond donors (Lipinski definition) is 1. The van der Waals surface area contributed by atoms with E-state index < -0.39 is 5.41 Å². The number of rotatable bonds is 5. The van der Waals surface area contributed by atoms with E-state index in [1.807, 2.05) is 6.92 Å². The van der Waals surface area contributed by atoms with Crippen molar-refractivity contribution in [2.24, 2.45) is 11.3 Å². The molecule has 1 rings (SSSR count). The third-order valence-corrected chi connectivity index (χ3v) is 2.46. The summed E-state index contributed by atoms with van der Waals surface area (Å²) >= 11 is 0. The minimum absolute atomic E-state index is 0.122. The monoisotopic (exact) mass is 196 g/mol. The zero-order valence-corrected chi connectivity index (χ0v) is 8.67. The third kappa shape index (κ3) is 2.46. The van der Waals surface area contributed by atoms with E-state index in [2.05, 4.69) is 11.4 Å². The molecule has 1 N–H and O–H groups in total. The van der Waals surface area contributed by atoms with Gasteiger partial charge in [0.05, 0.1) is 12.7 Å². The van der Waals surface area contributed by atoms with Gasteiger partial charge in [0.25, 0.3) is 0 Å². The molecule has 1 aliphatic rings. The maximum absolute atomic E-state index is 11.5. The summed E-state index contributed by atoms with van der Waals surface area (Å²) in [5.41, 5.74) is -0.702. The van der Waals surface area contributed by atoms with Gasteiger partial charge in [0.1, 0.15) is 5.41 Å². The zero-order valence-electron chi connectivity index (χ0n) is 8.67. The smallest absolute Gasteiger partial charge is 0.240 e. The lowest BCUT2D eigenvalue weighted by Crippen LogP contribution is -2.35. The molecular formula is C10H16N2O2. The Morgan fingerprint density at radius 3 is 2.79 bits per heavy atom. The molecule has 0 spiro atoms. The molecule has 1 saturated carbocycles. The molecule has 0 bridgehead atoms. The Labute approximate surface area is 84.2 Å². The van der Waals surface area contributed by atoms with Gasteiger partial charge in [-0.15, -0.1) is 0 Å². The largest absolute Gasteiger partial charge is 0.384 e. The van der Waals surface area contributed by atoms with Crippen LogP contribution in [0.15, 0.2) is 0 Å². The fourth-order valence-electron chi connectivity index (χ4n) is 1.29. The molecule has 1 unspecified atom stereocenters. The van der Waals surface area contributed by atoms with Gasteiger partial charge < -0.3 is 10.1 Å². The van der Waals surface area contributed by atoms with Gasteiger partial charge in [0.15, 0.2) is 0 Å². The Balaban J connectivity index is 2.26. The van der Waals surface area contributed by atoms with Crippen LogP contribution in [-0.4, -0.2) is 26.2 Å². The highest BCUT2D eigenvalue weighted by molar-refractivity contribution is 5.88. The van der Waals surface area contributed by atoms with Gasteiger partial charge in [0.2, 0.25) is 5.91 Å². The first-order valence-electron chi connectivity index (χ1n) is 4.83. The standard InChI is InChI=1S/C10H16N2O2/c1-8(6-14-2)5-12-9(13)10(7-11)3-4-10/h8H,3-6H2,1-2H3,(H,12,13). The Morgan fingerprint density at radius 2 is 2.36 bits per heavy atom. The highest BCUT2D eigenvalue weighted by Gasteiger charge is 2.50. The summed E-state index contributed by atoms with van der Waals surface area (Å²) in [7, 11) is 1.63. The third-order valence-electron chi connectivity index (χ3n) is 2.46. The predicted molar refractivity (Wildman–Crippen MR) is 51.3 cm³/mol. The Morgan fingerprint density at radius 1 is 1.71 bits per heavy atom. The second kappa shape index (κ2) is 4.43. The van der Waals surface area contributed by atoms with E-state index in [9.17, 15) is 4.79 Å². The van der Waals surface area contributed by atoms with E-state index >= 15 is 0 Å². The van der Waals surface area contributed by atoms with Crippen LogP contribution in [0.2, 0.25) is 0 Å². The summed E-state index contributed by atoms with van der Waals surface area (Å²) in [5, 5.41) is 11.5. The number of amides is 1. The molecule has 0 aromatic heterocycles. The summed E-state index contributed by atoms with van der Waals surface area (Å²) in [6.45, 7) is 3.20. The zero-order chi connectivity index (χ0) is 10.6. The van der Waals surface area contributed by atoms with Crippen LogP contribution >= 0.6 is 0 Å². The van der Waals surface area contributed by atoms with Gasteiger partial charge in [-0.05, 0) is 18.8 Å². The topological polar surface area (TPSA) is 62.1 Å². The Bertz CT molecular complexity index is 253. The lowest BCUT2D eigenvalue weighted by Gasteiger charge is -2.12. The Kier molecular flexibility index (Phi) is 3.48. The van der Waals surface area contributed by atoms with E-state index in [-0.39, 0.29) is 5.91 Å². The summed E-state index contributed by atoms with van der Waals surface area (Å²) in [6, 6.07) is 2.06. The van der Waals surface area contributed by atoms with Crippen molar-refractivity contribution in [3.05, 3.63) is 0 Å². The average molecular weight is 196 g/mol. The highest BCUT2D eigenvalue weighted by Crippen LogP contribution is 2.44. The lowest BCUT2D eigenvalue weighted by molar-refractivity contribution is -0.124. The molecule has 1 fully saturated rings. The molecule has 14 heavy (non-hydrogen) atoms. The average Bonchev–Trinajstić information content (AvgIpc) is 2.95. The van der Waals surface area contributed by atoms with Gasteiger partial charge in [-0.1, -0.05) is 6.92 Å². The van der Waals surface area contributed by atoms with E-state index in [0.717, 1.165) is 0 Å². The molecule has 4 nitrogen and oxygen atoms in total. The van der Waals surface area contributed by atoms with Crippen molar-refractivity contribution < 1.29 is 9.53 Å². The summed E-state index contributed by atoms with van der Waals surface area (Å²) < 4.78 is 4.95. The van der Waals surface area contributed by atoms with Crippen LogP contribution in [0.25, 0.3) is 0 Å². The van der Waals surface area contributed by atoms with E-state index in [1.54, 1.807) is 7.11 Å². The van der Waals surface area contributed by atoms with Crippen molar-refractivity contribution in [3.8, 4) is 6.07 Å². The second-order valence-corrected chi connectivity index (χ2v) is 3.96. The first-order chi connectivity index (χ1) is 6.64. The summed E-state index contributed by atoms with van der Waals surface area (Å²) in [4.78, 5) is 11.5. The number of carbonyl (C=O) groups is 1. The predicted octanol–water partition coefficient (Wildman–Crippen LogP) is 0.689. The second-order valence-electron chi connectivity index (χ2n) is 3.96. The molecule has 0 aliphatic heterocycles. The van der Waals surface area contributed by atoms with E-state index in [1.165, 1.54) is 0 Å². The number of methoxy groups -OCH3 is 1. The molecule has 1 amide bonds. The minimum Gasteiger partial charge on any atom is -0.384 e. The van der Waals surface area contributed by atoms with Gasteiger partial charge in [-0.2, -0.15) is 5.26 Å². The fourth-order valence-corrected chi connectivity index (χ4v) is 1.29. The van der Waals surface area contributed by atoms with Crippen molar-refractivity contribution in [2.75, 3.05) is 20.3 Å². The SMILES string of the molecule is COCC(C)CNC(=O)C1(C#N)CC1. The van der Waals surface area contributed by atoms with Crippen molar-refractivity contribution >= 4 is 5.91 Å². The van der Waals surface area contributed by atoms with Crippen LogP contribution in [-0.2, 0) is 9.53 Å². The molecular weight excluding hydrogens is 180 g/mol. The maximum atomic E-state index is 11.5. The van der Waals surface area contributed by atoms with Gasteiger partial charge >= 0.3 is 0 Å². The van der Waals surface area contributed by atoms with Crippen LogP contribution in [0.4, 0.5) is 0 Å². The molecule has 1 aliphatic carbocycles. The lowest BCUT2D eigenvalue weighted by atomic mass is 10.1. The highest BCUT2D eigenvalue weighted by atomic mass is 16.5. The summed E-state index contributed by atoms with van der Waals surface area (Å²) in [6.07, 6.45) is 1.40. The van der Waals surface area contributed by atoms with Crippen molar-refractivity contribution in [3.63, 3.8) is 0 Å². The van der Waals surface area contributed by atoms with Crippen LogP contribution in [0.3, 0.4) is 0 Å². The number of ether oxygens (including phenoxy) is 1. The first kappa shape index (κ1) is 11.0. The molecule has 78 valence electrons. The number of nitrogens with zero attached hydrogens (tertiary/aromatic N) is 1. The fraction of sp³-hybridized carbons (Fsp3) is 0.800. The minimum atomic E-state index is -0.702. The molecule has 0 heterocycles. The van der Waals surface area contributed by atoms with E-state index in [4.69, 9.17) is 10.00 Å². The quantitative estimate of drug-likeness (QED) is 0.703. The molecule has 0 saturated heterocycles. The van der Waals surface area contributed by atoms with Crippen LogP contribution in [0.5, 0.6) is 0 Å². The molecule has 4 heteroatoms. The summed E-state index contributed by atoms with van der Waals surface area (Å²) in [5.74, 6) is 0.168. The van der Waals surface area contributed by atoms with E-state index in [0.29, 0.717) is 31.9 Å². The maximum Gasteiger partial charge on any atom is 0.240 e. The number of nitriles is 1. The van der Waals surface area contributed by atoms with Gasteiger partial charge in [0, 0.05) is 13.7 Å². The van der Waals surface area contributed by atoms with Crippen LogP contribution in [0.1, 0.15) is 19.8 Å². The van der Waals surface area contributed by atoms with Crippen molar-refractivity contribution in [2.45, 2.75) is 19.8 Å². The molecule has 0 aromatic rings. The normalized spacial score (nSPS) is 19.5. The van der Waals surface area contributed by atoms with Crippen LogP contribution < -0.4 is 5.32 Å². The number of hydrogen-bond acceptors (Lipinski definition) is 3. The van der Waals surface area contributed by atoms with Crippen molar-refractivity contribution in [1.82, 2.24) is 5.32 Å². The molecule has 0 radical (unpaired) electrons. The van der Waals surface area contributed by atoms with Crippen LogP contribution in [0, 0.1) is 22.7 Å². The number of nitrogens with one attached hydrogen (secondary N) is 1. The molecule has 1 atom stereocenters. The first-order valence-corrected chi connectivity index (χ1v) is 4.83. The van der Waals surface area contributed by atoms with Crippen molar-refractivity contribution in [1.29, 1.82) is 5.26 Å². The Hall–Kier alpha value is -1.08. The van der Waals surface area contributed by atoms with Gasteiger partial charge in [-0.3, -0.25) is 4.79 Å². The number of carbonyl (C=O) groups excluding carboxylic acids is 1. The molecule has 0 aromatic carbocycles. The van der Waals surface area contributed by atoms with Gasteiger partial charge in [-0.25, -0.2) is 0 Å².